The fraction of sp³-hybridized carbons (Fsp3) is 0.0870. The molecule has 4 rings (SSSR count). The van der Waals surface area contributed by atoms with Gasteiger partial charge < -0.3 is 0 Å². The summed E-state index contributed by atoms with van der Waals surface area (Å²) in [6.07, 6.45) is 0. The highest BCUT2D eigenvalue weighted by molar-refractivity contribution is 7.15. The Morgan fingerprint density at radius 3 is 1.54 bits per heavy atom. The predicted octanol–water partition coefficient (Wildman–Crippen LogP) is 4.82. The maximum atomic E-state index is 13.9. The van der Waals surface area contributed by atoms with Crippen molar-refractivity contribution in [1.82, 2.24) is 10.2 Å². The number of rotatable bonds is 5. The third kappa shape index (κ3) is 3.21. The summed E-state index contributed by atoms with van der Waals surface area (Å²) < 4.78 is 0. The first-order chi connectivity index (χ1) is 13.7. The van der Waals surface area contributed by atoms with E-state index in [1.807, 2.05) is 97.9 Å². The molecule has 4 aromatic rings. The van der Waals surface area contributed by atoms with Gasteiger partial charge in [0.25, 0.3) is 0 Å². The normalized spacial score (nSPS) is 11.2. The summed E-state index contributed by atoms with van der Waals surface area (Å²) in [7, 11) is 0. The van der Waals surface area contributed by atoms with Crippen molar-refractivity contribution in [3.05, 3.63) is 113 Å². The molecular formula is C23H19N3OS. The number of benzene rings is 3. The Bertz CT molecular complexity index is 966. The molecule has 0 aliphatic rings. The van der Waals surface area contributed by atoms with Gasteiger partial charge in [0.1, 0.15) is 10.4 Å². The number of anilines is 1. The maximum absolute atomic E-state index is 13.9. The van der Waals surface area contributed by atoms with Crippen LogP contribution in [-0.4, -0.2) is 16.1 Å². The number of carbonyl (C=O) groups is 1. The Labute approximate surface area is 167 Å². The van der Waals surface area contributed by atoms with E-state index in [-0.39, 0.29) is 5.91 Å². The molecule has 138 valence electrons. The molecule has 5 heteroatoms. The van der Waals surface area contributed by atoms with Crippen LogP contribution in [0.15, 0.2) is 91.0 Å². The smallest absolute Gasteiger partial charge is 0.245 e. The van der Waals surface area contributed by atoms with Crippen LogP contribution in [0.4, 0.5) is 5.13 Å². The Morgan fingerprint density at radius 2 is 1.18 bits per heavy atom. The number of aromatic nitrogens is 2. The van der Waals surface area contributed by atoms with E-state index in [0.29, 0.717) is 5.13 Å². The minimum Gasteiger partial charge on any atom is -0.299 e. The van der Waals surface area contributed by atoms with Gasteiger partial charge in [-0.25, -0.2) is 0 Å². The molecule has 28 heavy (non-hydrogen) atoms. The molecule has 0 saturated carbocycles. The molecular weight excluding hydrogens is 366 g/mol. The largest absolute Gasteiger partial charge is 0.299 e. The van der Waals surface area contributed by atoms with E-state index in [1.54, 1.807) is 0 Å². The van der Waals surface area contributed by atoms with Crippen molar-refractivity contribution in [2.45, 2.75) is 12.3 Å². The number of aryl methyl sites for hydroxylation is 1. The van der Waals surface area contributed by atoms with Gasteiger partial charge in [-0.1, -0.05) is 102 Å². The van der Waals surface area contributed by atoms with Gasteiger partial charge in [0.15, 0.2) is 0 Å². The summed E-state index contributed by atoms with van der Waals surface area (Å²) in [6, 6.07) is 29.5. The molecule has 0 saturated heterocycles. The molecule has 3 aromatic carbocycles. The zero-order valence-corrected chi connectivity index (χ0v) is 16.2. The van der Waals surface area contributed by atoms with Crippen molar-refractivity contribution in [3.8, 4) is 0 Å². The molecule has 1 amide bonds. The van der Waals surface area contributed by atoms with E-state index >= 15 is 0 Å². The third-order valence-corrected chi connectivity index (χ3v) is 5.46. The number of hydrogen-bond donors (Lipinski definition) is 1. The van der Waals surface area contributed by atoms with E-state index in [2.05, 4.69) is 15.5 Å². The van der Waals surface area contributed by atoms with Gasteiger partial charge in [0, 0.05) is 0 Å². The Hall–Kier alpha value is -3.31. The lowest BCUT2D eigenvalue weighted by molar-refractivity contribution is -0.119. The van der Waals surface area contributed by atoms with Crippen LogP contribution in [0.3, 0.4) is 0 Å². The van der Waals surface area contributed by atoms with Crippen LogP contribution in [0, 0.1) is 6.92 Å². The van der Waals surface area contributed by atoms with Crippen LogP contribution in [0.2, 0.25) is 0 Å². The number of amides is 1. The second-order valence-corrected chi connectivity index (χ2v) is 7.61. The molecule has 0 unspecified atom stereocenters. The fourth-order valence-electron chi connectivity index (χ4n) is 3.50. The maximum Gasteiger partial charge on any atom is 0.245 e. The second-order valence-electron chi connectivity index (χ2n) is 6.43. The highest BCUT2D eigenvalue weighted by atomic mass is 32.1. The number of nitrogens with zero attached hydrogens (tertiary/aromatic N) is 2. The molecule has 1 heterocycles. The Balaban J connectivity index is 1.96. The minimum atomic E-state index is -1.01. The summed E-state index contributed by atoms with van der Waals surface area (Å²) in [6.45, 7) is 1.87. The van der Waals surface area contributed by atoms with E-state index < -0.39 is 5.41 Å². The molecule has 0 atom stereocenters. The second kappa shape index (κ2) is 7.74. The monoisotopic (exact) mass is 385 g/mol. The van der Waals surface area contributed by atoms with Gasteiger partial charge in [-0.3, -0.25) is 10.1 Å². The highest BCUT2D eigenvalue weighted by Gasteiger charge is 2.44. The summed E-state index contributed by atoms with van der Waals surface area (Å²) in [5.74, 6) is -0.160. The van der Waals surface area contributed by atoms with Crippen molar-refractivity contribution >= 4 is 22.4 Å². The first kappa shape index (κ1) is 18.1. The zero-order valence-electron chi connectivity index (χ0n) is 15.4. The summed E-state index contributed by atoms with van der Waals surface area (Å²) in [4.78, 5) is 13.9. The van der Waals surface area contributed by atoms with Gasteiger partial charge in [-0.2, -0.15) is 0 Å². The van der Waals surface area contributed by atoms with Gasteiger partial charge in [-0.15, -0.1) is 10.2 Å². The van der Waals surface area contributed by atoms with Crippen molar-refractivity contribution in [3.63, 3.8) is 0 Å². The summed E-state index contributed by atoms with van der Waals surface area (Å²) >= 11 is 1.36. The fourth-order valence-corrected chi connectivity index (χ4v) is 4.08. The topological polar surface area (TPSA) is 54.9 Å². The molecule has 4 nitrogen and oxygen atoms in total. The van der Waals surface area contributed by atoms with Gasteiger partial charge in [0.2, 0.25) is 11.0 Å². The average molecular weight is 385 g/mol. The van der Waals surface area contributed by atoms with Crippen LogP contribution >= 0.6 is 11.3 Å². The van der Waals surface area contributed by atoms with Crippen molar-refractivity contribution in [2.75, 3.05) is 5.32 Å². The summed E-state index contributed by atoms with van der Waals surface area (Å²) in [5, 5.41) is 12.4. The quantitative estimate of drug-likeness (QED) is 0.501. The molecule has 0 aliphatic heterocycles. The number of nitrogens with one attached hydrogen (secondary N) is 1. The summed E-state index contributed by atoms with van der Waals surface area (Å²) in [5.41, 5.74) is 1.67. The number of carbonyl (C=O) groups excluding carboxylic acids is 1. The Morgan fingerprint density at radius 1 is 0.750 bits per heavy atom. The third-order valence-electron chi connectivity index (χ3n) is 4.71. The van der Waals surface area contributed by atoms with E-state index in [9.17, 15) is 4.79 Å². The molecule has 0 fully saturated rings. The number of hydrogen-bond acceptors (Lipinski definition) is 4. The van der Waals surface area contributed by atoms with E-state index in [4.69, 9.17) is 0 Å². The lowest BCUT2D eigenvalue weighted by Gasteiger charge is -2.34. The molecule has 0 bridgehead atoms. The van der Waals surface area contributed by atoms with Crippen molar-refractivity contribution in [1.29, 1.82) is 0 Å². The van der Waals surface area contributed by atoms with Gasteiger partial charge >= 0.3 is 0 Å². The van der Waals surface area contributed by atoms with Crippen LogP contribution in [0.5, 0.6) is 0 Å². The molecule has 1 N–H and O–H groups in total. The standard InChI is InChI=1S/C23H19N3OS/c1-17-25-26-22(28-17)24-21(27)23(18-11-5-2-6-12-18,19-13-7-3-8-14-19)20-15-9-4-10-16-20/h2-16H,1H3,(H,24,26,27). The van der Waals surface area contributed by atoms with Crippen molar-refractivity contribution < 1.29 is 4.79 Å². The first-order valence-corrected chi connectivity index (χ1v) is 9.81. The van der Waals surface area contributed by atoms with Crippen LogP contribution in [-0.2, 0) is 10.2 Å². The molecule has 0 spiro atoms. The minimum absolute atomic E-state index is 0.160. The molecule has 0 radical (unpaired) electrons. The lowest BCUT2D eigenvalue weighted by atomic mass is 9.68. The Kier molecular flexibility index (Phi) is 5.00. The predicted molar refractivity (Wildman–Crippen MR) is 112 cm³/mol. The molecule has 1 aromatic heterocycles. The van der Waals surface area contributed by atoms with Gasteiger partial charge in [-0.05, 0) is 23.6 Å². The van der Waals surface area contributed by atoms with Crippen LogP contribution in [0.1, 0.15) is 21.7 Å². The average Bonchev–Trinajstić information content (AvgIpc) is 3.15. The van der Waals surface area contributed by atoms with Gasteiger partial charge in [0.05, 0.1) is 0 Å². The zero-order chi connectivity index (χ0) is 19.4. The van der Waals surface area contributed by atoms with E-state index in [0.717, 1.165) is 21.7 Å². The SMILES string of the molecule is Cc1nnc(NC(=O)C(c2ccccc2)(c2ccccc2)c2ccccc2)s1. The van der Waals surface area contributed by atoms with Crippen LogP contribution in [0.25, 0.3) is 0 Å². The highest BCUT2D eigenvalue weighted by Crippen LogP contribution is 2.40. The van der Waals surface area contributed by atoms with Crippen molar-refractivity contribution in [2.24, 2.45) is 0 Å². The van der Waals surface area contributed by atoms with E-state index in [1.165, 1.54) is 11.3 Å². The lowest BCUT2D eigenvalue weighted by Crippen LogP contribution is -2.42. The molecule has 0 aliphatic carbocycles. The first-order valence-electron chi connectivity index (χ1n) is 8.99. The van der Waals surface area contributed by atoms with Crippen LogP contribution < -0.4 is 5.32 Å².